The van der Waals surface area contributed by atoms with Gasteiger partial charge < -0.3 is 4.74 Å². The number of ether oxygens (including phenoxy) is 1. The van der Waals surface area contributed by atoms with E-state index in [-0.39, 0.29) is 5.92 Å². The van der Waals surface area contributed by atoms with Gasteiger partial charge in [0.05, 0.1) is 24.6 Å². The molecule has 0 saturated heterocycles. The maximum Gasteiger partial charge on any atom is 0.250 e. The van der Waals surface area contributed by atoms with E-state index in [1.165, 1.54) is 11.3 Å². The summed E-state index contributed by atoms with van der Waals surface area (Å²) in [5.74, 6) is 0.0297. The molecular weight excluding hydrogens is 312 g/mol. The van der Waals surface area contributed by atoms with Gasteiger partial charge in [0.15, 0.2) is 0 Å². The summed E-state index contributed by atoms with van der Waals surface area (Å²) in [5, 5.41) is 9.84. The number of rotatable bonds is 4. The molecule has 1 aliphatic rings. The Bertz CT molecular complexity index is 709. The summed E-state index contributed by atoms with van der Waals surface area (Å²) in [6.07, 6.45) is 0. The molecule has 0 aromatic carbocycles. The maximum absolute atomic E-state index is 12.1. The fourth-order valence-electron chi connectivity index (χ4n) is 2.20. The number of thiophene rings is 1. The van der Waals surface area contributed by atoms with E-state index in [4.69, 9.17) is 4.74 Å². The summed E-state index contributed by atoms with van der Waals surface area (Å²) in [5.41, 5.74) is 1.81. The topological polar surface area (TPSA) is 86.1 Å². The van der Waals surface area contributed by atoms with Gasteiger partial charge in [-0.2, -0.15) is 0 Å². The fourth-order valence-corrected chi connectivity index (χ4v) is 4.36. The van der Waals surface area contributed by atoms with Crippen LogP contribution in [-0.4, -0.2) is 36.6 Å². The molecule has 3 rings (SSSR count). The third-order valence-corrected chi connectivity index (χ3v) is 6.20. The highest BCUT2D eigenvalue weighted by Gasteiger charge is 2.22. The number of aromatic nitrogens is 3. The Labute approximate surface area is 127 Å². The molecule has 3 heterocycles. The lowest BCUT2D eigenvalue weighted by molar-refractivity contribution is 0.0954. The highest BCUT2D eigenvalue weighted by molar-refractivity contribution is 7.91. The molecule has 21 heavy (non-hydrogen) atoms. The lowest BCUT2D eigenvalue weighted by Crippen LogP contribution is -2.32. The first-order chi connectivity index (χ1) is 10.1. The average molecular weight is 328 g/mol. The lowest BCUT2D eigenvalue weighted by Gasteiger charge is -2.14. The molecule has 0 amide bonds. The van der Waals surface area contributed by atoms with E-state index < -0.39 is 10.0 Å². The van der Waals surface area contributed by atoms with Crippen molar-refractivity contribution in [3.05, 3.63) is 28.9 Å². The van der Waals surface area contributed by atoms with E-state index >= 15 is 0 Å². The van der Waals surface area contributed by atoms with E-state index in [0.29, 0.717) is 30.5 Å². The van der Waals surface area contributed by atoms with E-state index in [0.717, 1.165) is 11.4 Å². The Hall–Kier alpha value is -1.29. The molecule has 0 spiro atoms. The third kappa shape index (κ3) is 3.15. The molecule has 2 aromatic rings. The second kappa shape index (κ2) is 5.84. The van der Waals surface area contributed by atoms with Gasteiger partial charge in [-0.25, -0.2) is 17.8 Å². The molecule has 0 aliphatic carbocycles. The molecule has 9 heteroatoms. The molecule has 0 fully saturated rings. The van der Waals surface area contributed by atoms with Gasteiger partial charge in [-0.15, -0.1) is 16.4 Å². The maximum atomic E-state index is 12.1. The van der Waals surface area contributed by atoms with Crippen LogP contribution in [0.5, 0.6) is 0 Å². The number of nitrogens with one attached hydrogen (secondary N) is 1. The van der Waals surface area contributed by atoms with Crippen molar-refractivity contribution in [3.8, 4) is 0 Å². The lowest BCUT2D eigenvalue weighted by atomic mass is 10.1. The van der Waals surface area contributed by atoms with Crippen LogP contribution in [0.3, 0.4) is 0 Å². The van der Waals surface area contributed by atoms with Gasteiger partial charge in [-0.1, -0.05) is 11.3 Å². The number of hydrogen-bond donors (Lipinski definition) is 1. The van der Waals surface area contributed by atoms with Gasteiger partial charge in [0.2, 0.25) is 10.0 Å². The first-order valence-corrected chi connectivity index (χ1v) is 8.92. The Morgan fingerprint density at radius 1 is 1.57 bits per heavy atom. The van der Waals surface area contributed by atoms with Crippen LogP contribution < -0.4 is 4.72 Å². The zero-order chi connectivity index (χ0) is 14.9. The monoisotopic (exact) mass is 328 g/mol. The van der Waals surface area contributed by atoms with Crippen molar-refractivity contribution in [2.24, 2.45) is 5.92 Å². The highest BCUT2D eigenvalue weighted by Crippen LogP contribution is 2.17. The van der Waals surface area contributed by atoms with E-state index in [1.807, 2.05) is 6.92 Å². The summed E-state index contributed by atoms with van der Waals surface area (Å²) in [4.78, 5) is 0. The van der Waals surface area contributed by atoms with Crippen LogP contribution >= 0.6 is 11.3 Å². The van der Waals surface area contributed by atoms with Crippen LogP contribution in [0.15, 0.2) is 21.7 Å². The molecule has 0 radical (unpaired) electrons. The second-order valence-electron chi connectivity index (χ2n) is 4.97. The van der Waals surface area contributed by atoms with E-state index in [9.17, 15) is 8.42 Å². The molecule has 2 aromatic heterocycles. The zero-order valence-corrected chi connectivity index (χ0v) is 13.2. The van der Waals surface area contributed by atoms with Gasteiger partial charge in [0.1, 0.15) is 4.21 Å². The summed E-state index contributed by atoms with van der Waals surface area (Å²) < 4.78 is 34.5. The standard InChI is InChI=1S/C12H16N4O3S2/c1-9-11-8-19-7-10(6-16(11)15-14-9)5-13-21(17,18)12-3-2-4-20-12/h2-4,10,13H,5-8H2,1H3. The van der Waals surface area contributed by atoms with Crippen LogP contribution in [-0.2, 0) is 27.9 Å². The van der Waals surface area contributed by atoms with Crippen LogP contribution in [0.4, 0.5) is 0 Å². The Morgan fingerprint density at radius 2 is 2.43 bits per heavy atom. The largest absolute Gasteiger partial charge is 0.375 e. The minimum atomic E-state index is -3.43. The number of hydrogen-bond acceptors (Lipinski definition) is 6. The second-order valence-corrected chi connectivity index (χ2v) is 7.91. The Balaban J connectivity index is 1.66. The van der Waals surface area contributed by atoms with E-state index in [1.54, 1.807) is 22.2 Å². The predicted molar refractivity (Wildman–Crippen MR) is 77.4 cm³/mol. The van der Waals surface area contributed by atoms with Crippen molar-refractivity contribution in [1.82, 2.24) is 19.7 Å². The first-order valence-electron chi connectivity index (χ1n) is 6.56. The molecule has 7 nitrogen and oxygen atoms in total. The smallest absolute Gasteiger partial charge is 0.250 e. The summed E-state index contributed by atoms with van der Waals surface area (Å²) in [6.45, 7) is 3.77. The van der Waals surface area contributed by atoms with Crippen molar-refractivity contribution in [2.75, 3.05) is 13.2 Å². The van der Waals surface area contributed by atoms with Crippen molar-refractivity contribution >= 4 is 21.4 Å². The third-order valence-electron chi connectivity index (χ3n) is 3.38. The van der Waals surface area contributed by atoms with Gasteiger partial charge >= 0.3 is 0 Å². The number of fused-ring (bicyclic) bond motifs is 1. The molecule has 1 unspecified atom stereocenters. The van der Waals surface area contributed by atoms with Gasteiger partial charge in [0.25, 0.3) is 0 Å². The number of sulfonamides is 1. The quantitative estimate of drug-likeness (QED) is 0.896. The number of aryl methyl sites for hydroxylation is 1. The van der Waals surface area contributed by atoms with Crippen LogP contribution in [0.1, 0.15) is 11.4 Å². The minimum Gasteiger partial charge on any atom is -0.375 e. The predicted octanol–water partition coefficient (Wildman–Crippen LogP) is 0.773. The highest BCUT2D eigenvalue weighted by atomic mass is 32.2. The van der Waals surface area contributed by atoms with Crippen molar-refractivity contribution in [3.63, 3.8) is 0 Å². The molecule has 1 atom stereocenters. The first kappa shape index (κ1) is 14.6. The molecular formula is C12H16N4O3S2. The SMILES string of the molecule is Cc1nnn2c1COCC(CNS(=O)(=O)c1cccs1)C2. The van der Waals surface area contributed by atoms with E-state index in [2.05, 4.69) is 15.0 Å². The Kier molecular flexibility index (Phi) is 4.07. The van der Waals surface area contributed by atoms with Crippen LogP contribution in [0.2, 0.25) is 0 Å². The molecule has 1 N–H and O–H groups in total. The fraction of sp³-hybridized carbons (Fsp3) is 0.500. The van der Waals surface area contributed by atoms with Crippen molar-refractivity contribution < 1.29 is 13.2 Å². The van der Waals surface area contributed by atoms with Gasteiger partial charge in [-0.3, -0.25) is 0 Å². The molecule has 0 saturated carbocycles. The van der Waals surface area contributed by atoms with Crippen molar-refractivity contribution in [2.45, 2.75) is 24.3 Å². The molecule has 1 aliphatic heterocycles. The van der Waals surface area contributed by atoms with Gasteiger partial charge in [-0.05, 0) is 18.4 Å². The normalized spacial score (nSPS) is 19.2. The zero-order valence-electron chi connectivity index (χ0n) is 11.5. The van der Waals surface area contributed by atoms with Crippen LogP contribution in [0.25, 0.3) is 0 Å². The molecule has 0 bridgehead atoms. The van der Waals surface area contributed by atoms with Crippen molar-refractivity contribution in [1.29, 1.82) is 0 Å². The molecule has 114 valence electrons. The number of nitrogens with zero attached hydrogens (tertiary/aromatic N) is 3. The average Bonchev–Trinajstić information content (AvgIpc) is 3.04. The van der Waals surface area contributed by atoms with Gasteiger partial charge in [0, 0.05) is 19.0 Å². The van der Waals surface area contributed by atoms with Crippen LogP contribution in [0, 0.1) is 12.8 Å². The summed E-state index contributed by atoms with van der Waals surface area (Å²) >= 11 is 1.20. The summed E-state index contributed by atoms with van der Waals surface area (Å²) in [6, 6.07) is 3.31. The summed E-state index contributed by atoms with van der Waals surface area (Å²) in [7, 11) is -3.43. The Morgan fingerprint density at radius 3 is 3.19 bits per heavy atom. The minimum absolute atomic E-state index is 0.0297.